The summed E-state index contributed by atoms with van der Waals surface area (Å²) in [4.78, 5) is 0. The fraction of sp³-hybridized carbons (Fsp3) is 0.167. The van der Waals surface area contributed by atoms with Gasteiger partial charge in [-0.3, -0.25) is 0 Å². The van der Waals surface area contributed by atoms with Crippen molar-refractivity contribution in [1.29, 1.82) is 0 Å². The summed E-state index contributed by atoms with van der Waals surface area (Å²) in [6, 6.07) is 5.83. The number of benzene rings is 1. The van der Waals surface area contributed by atoms with Crippen molar-refractivity contribution in [2.75, 3.05) is 0 Å². The Balaban J connectivity index is 3.31. The first-order chi connectivity index (χ1) is 6.19. The van der Waals surface area contributed by atoms with E-state index in [2.05, 4.69) is 19.6 Å². The van der Waals surface area contributed by atoms with E-state index in [4.69, 9.17) is 11.6 Å². The number of hydrogen-bond acceptors (Lipinski definition) is 0. The van der Waals surface area contributed by atoms with Crippen molar-refractivity contribution in [2.24, 2.45) is 0 Å². The van der Waals surface area contributed by atoms with Crippen molar-refractivity contribution in [3.8, 4) is 0 Å². The summed E-state index contributed by atoms with van der Waals surface area (Å²) in [7, 11) is 0. The van der Waals surface area contributed by atoms with E-state index >= 15 is 0 Å². The molecule has 0 atom stereocenters. The van der Waals surface area contributed by atoms with Crippen molar-refractivity contribution in [2.45, 2.75) is 13.8 Å². The second-order valence-electron chi connectivity index (χ2n) is 2.91. The van der Waals surface area contributed by atoms with Gasteiger partial charge in [-0.05, 0) is 42.7 Å². The lowest BCUT2D eigenvalue weighted by Gasteiger charge is -2.06. The highest BCUT2D eigenvalue weighted by atomic mass is 35.5. The van der Waals surface area contributed by atoms with Crippen LogP contribution >= 0.6 is 11.6 Å². The predicted octanol–water partition coefficient (Wildman–Crippen LogP) is 4.41. The maximum atomic E-state index is 5.91. The van der Waals surface area contributed by atoms with Crippen LogP contribution in [0.3, 0.4) is 0 Å². The zero-order chi connectivity index (χ0) is 9.84. The lowest BCUT2D eigenvalue weighted by atomic mass is 10.0. The molecular weight excluding hydrogens is 180 g/mol. The van der Waals surface area contributed by atoms with E-state index in [0.717, 1.165) is 16.1 Å². The molecule has 0 aliphatic carbocycles. The standard InChI is InChI=1S/C12H13Cl/c1-4-9(3)12-8-11(13)7-6-10(12)5-2/h4-8H,2H2,1,3H3/b9-4-. The molecule has 0 fully saturated rings. The summed E-state index contributed by atoms with van der Waals surface area (Å²) >= 11 is 5.91. The van der Waals surface area contributed by atoms with E-state index < -0.39 is 0 Å². The molecule has 0 N–H and O–H groups in total. The van der Waals surface area contributed by atoms with Crippen LogP contribution in [0.1, 0.15) is 25.0 Å². The number of rotatable bonds is 2. The SMILES string of the molecule is C=Cc1ccc(Cl)cc1/C(C)=C\C. The molecule has 1 heteroatoms. The van der Waals surface area contributed by atoms with Crippen molar-refractivity contribution in [3.05, 3.63) is 47.0 Å². The van der Waals surface area contributed by atoms with Gasteiger partial charge in [0.25, 0.3) is 0 Å². The molecule has 1 aromatic carbocycles. The lowest BCUT2D eigenvalue weighted by Crippen LogP contribution is -1.84. The van der Waals surface area contributed by atoms with Crippen LogP contribution in [0.15, 0.2) is 30.9 Å². The molecule has 0 saturated carbocycles. The third kappa shape index (κ3) is 2.22. The second-order valence-corrected chi connectivity index (χ2v) is 3.34. The molecule has 0 bridgehead atoms. The Morgan fingerprint density at radius 2 is 2.15 bits per heavy atom. The van der Waals surface area contributed by atoms with Gasteiger partial charge in [0.05, 0.1) is 0 Å². The fourth-order valence-electron chi connectivity index (χ4n) is 1.20. The Kier molecular flexibility index (Phi) is 3.32. The van der Waals surface area contributed by atoms with Crippen LogP contribution < -0.4 is 0 Å². The van der Waals surface area contributed by atoms with E-state index in [1.807, 2.05) is 31.2 Å². The summed E-state index contributed by atoms with van der Waals surface area (Å²) in [6.45, 7) is 7.85. The normalized spacial score (nSPS) is 11.5. The quantitative estimate of drug-likeness (QED) is 0.652. The Morgan fingerprint density at radius 1 is 1.46 bits per heavy atom. The van der Waals surface area contributed by atoms with E-state index in [1.165, 1.54) is 5.57 Å². The van der Waals surface area contributed by atoms with Gasteiger partial charge in [0, 0.05) is 5.02 Å². The third-order valence-corrected chi connectivity index (χ3v) is 2.33. The highest BCUT2D eigenvalue weighted by Crippen LogP contribution is 2.23. The predicted molar refractivity (Wildman–Crippen MR) is 60.9 cm³/mol. The number of hydrogen-bond donors (Lipinski definition) is 0. The summed E-state index contributed by atoms with van der Waals surface area (Å²) in [5.74, 6) is 0. The molecule has 0 nitrogen and oxygen atoms in total. The Hall–Kier alpha value is -1.01. The molecule has 1 aromatic rings. The van der Waals surface area contributed by atoms with Gasteiger partial charge >= 0.3 is 0 Å². The van der Waals surface area contributed by atoms with Crippen LogP contribution in [0.4, 0.5) is 0 Å². The maximum absolute atomic E-state index is 5.91. The smallest absolute Gasteiger partial charge is 0.0412 e. The summed E-state index contributed by atoms with van der Waals surface area (Å²) in [6.07, 6.45) is 3.91. The maximum Gasteiger partial charge on any atom is 0.0412 e. The molecule has 0 heterocycles. The third-order valence-electron chi connectivity index (χ3n) is 2.09. The summed E-state index contributed by atoms with van der Waals surface area (Å²) in [5, 5.41) is 0.766. The van der Waals surface area contributed by atoms with Gasteiger partial charge in [0.15, 0.2) is 0 Å². The van der Waals surface area contributed by atoms with Crippen molar-refractivity contribution >= 4 is 23.3 Å². The highest BCUT2D eigenvalue weighted by molar-refractivity contribution is 6.30. The van der Waals surface area contributed by atoms with Gasteiger partial charge in [-0.1, -0.05) is 36.4 Å². The molecular formula is C12H13Cl. The molecule has 0 aliphatic heterocycles. The average molecular weight is 193 g/mol. The molecule has 0 amide bonds. The minimum Gasteiger partial charge on any atom is -0.0984 e. The summed E-state index contributed by atoms with van der Waals surface area (Å²) < 4.78 is 0. The number of allylic oxidation sites excluding steroid dienone is 2. The lowest BCUT2D eigenvalue weighted by molar-refractivity contribution is 1.52. The van der Waals surface area contributed by atoms with Crippen LogP contribution in [0, 0.1) is 0 Å². The van der Waals surface area contributed by atoms with E-state index in [0.29, 0.717) is 0 Å². The minimum atomic E-state index is 0.766. The molecule has 0 radical (unpaired) electrons. The first-order valence-electron chi connectivity index (χ1n) is 4.24. The molecule has 68 valence electrons. The Morgan fingerprint density at radius 3 is 2.69 bits per heavy atom. The van der Waals surface area contributed by atoms with Gasteiger partial charge in [-0.15, -0.1) is 0 Å². The molecule has 0 aromatic heterocycles. The van der Waals surface area contributed by atoms with Crippen molar-refractivity contribution in [1.82, 2.24) is 0 Å². The van der Waals surface area contributed by atoms with Gasteiger partial charge in [-0.25, -0.2) is 0 Å². The molecule has 1 rings (SSSR count). The molecule has 0 aliphatic rings. The highest BCUT2D eigenvalue weighted by Gasteiger charge is 2.01. The fourth-order valence-corrected chi connectivity index (χ4v) is 1.38. The van der Waals surface area contributed by atoms with Crippen molar-refractivity contribution < 1.29 is 0 Å². The van der Waals surface area contributed by atoms with Crippen LogP contribution in [0.5, 0.6) is 0 Å². The molecule has 0 spiro atoms. The summed E-state index contributed by atoms with van der Waals surface area (Å²) in [5.41, 5.74) is 3.50. The van der Waals surface area contributed by atoms with Gasteiger partial charge < -0.3 is 0 Å². The van der Waals surface area contributed by atoms with Crippen LogP contribution in [-0.4, -0.2) is 0 Å². The van der Waals surface area contributed by atoms with E-state index in [9.17, 15) is 0 Å². The van der Waals surface area contributed by atoms with Gasteiger partial charge in [0.2, 0.25) is 0 Å². The van der Waals surface area contributed by atoms with Gasteiger partial charge in [-0.2, -0.15) is 0 Å². The van der Waals surface area contributed by atoms with Crippen LogP contribution in [0.2, 0.25) is 5.02 Å². The van der Waals surface area contributed by atoms with Gasteiger partial charge in [0.1, 0.15) is 0 Å². The molecule has 13 heavy (non-hydrogen) atoms. The zero-order valence-electron chi connectivity index (χ0n) is 7.97. The van der Waals surface area contributed by atoms with E-state index in [-0.39, 0.29) is 0 Å². The zero-order valence-corrected chi connectivity index (χ0v) is 8.73. The first kappa shape index (κ1) is 10.1. The Bertz CT molecular complexity index is 348. The largest absolute Gasteiger partial charge is 0.0984 e. The van der Waals surface area contributed by atoms with Crippen molar-refractivity contribution in [3.63, 3.8) is 0 Å². The monoisotopic (exact) mass is 192 g/mol. The van der Waals surface area contributed by atoms with Crippen LogP contribution in [0.25, 0.3) is 11.6 Å². The average Bonchev–Trinajstić information content (AvgIpc) is 2.16. The van der Waals surface area contributed by atoms with E-state index in [1.54, 1.807) is 0 Å². The number of halogens is 1. The minimum absolute atomic E-state index is 0.766. The molecule has 0 saturated heterocycles. The van der Waals surface area contributed by atoms with Crippen LogP contribution in [-0.2, 0) is 0 Å². The topological polar surface area (TPSA) is 0 Å². The molecule has 0 unspecified atom stereocenters. The second kappa shape index (κ2) is 4.29. The first-order valence-corrected chi connectivity index (χ1v) is 4.62. The Labute approximate surface area is 84.5 Å².